The Morgan fingerprint density at radius 1 is 0.879 bits per heavy atom. The van der Waals surface area contributed by atoms with Crippen LogP contribution in [0, 0.1) is 13.8 Å². The van der Waals surface area contributed by atoms with Gasteiger partial charge in [-0.25, -0.2) is 4.57 Å². The van der Waals surface area contributed by atoms with Crippen LogP contribution in [-0.4, -0.2) is 0 Å². The molecule has 0 saturated carbocycles. The Labute approximate surface area is 199 Å². The lowest BCUT2D eigenvalue weighted by Crippen LogP contribution is -2.31. The molecule has 2 aromatic heterocycles. The predicted octanol–water partition coefficient (Wildman–Crippen LogP) is 8.12. The average molecular weight is 435 g/mol. The molecular weight excluding hydrogens is 402 g/mol. The van der Waals surface area contributed by atoms with E-state index in [0.29, 0.717) is 16.7 Å². The second kappa shape index (κ2) is 7.18. The topological polar surface area (TPSA) is 17.0 Å². The van der Waals surface area contributed by atoms with Crippen LogP contribution in [0.1, 0.15) is 41.9 Å². The van der Waals surface area contributed by atoms with Gasteiger partial charge in [0.15, 0.2) is 6.20 Å². The first-order valence-corrected chi connectivity index (χ1v) is 11.3. The molecule has 0 spiro atoms. The number of nitrogens with zero attached hydrogens (tertiary/aromatic N) is 1. The maximum atomic E-state index is 8.49. The van der Waals surface area contributed by atoms with Crippen molar-refractivity contribution in [1.82, 2.24) is 0 Å². The molecule has 4 aromatic carbocycles. The molecule has 0 saturated heterocycles. The summed E-state index contributed by atoms with van der Waals surface area (Å²) in [4.78, 5) is 0. The molecule has 0 aliphatic heterocycles. The summed E-state index contributed by atoms with van der Waals surface area (Å²) in [5.41, 5.74) is 5.03. The van der Waals surface area contributed by atoms with Gasteiger partial charge in [-0.2, -0.15) is 0 Å². The van der Waals surface area contributed by atoms with Gasteiger partial charge in [-0.15, -0.1) is 0 Å². The van der Waals surface area contributed by atoms with Gasteiger partial charge in [0.2, 0.25) is 5.69 Å². The minimum absolute atomic E-state index is 0.326. The highest BCUT2D eigenvalue weighted by atomic mass is 16.3. The Kier molecular flexibility index (Phi) is 3.49. The minimum atomic E-state index is -2.28. The van der Waals surface area contributed by atoms with E-state index in [9.17, 15) is 0 Å². The number of rotatable bonds is 2. The molecule has 0 fully saturated rings. The lowest BCUT2D eigenvalue weighted by atomic mass is 9.92. The lowest BCUT2D eigenvalue weighted by Gasteiger charge is -2.12. The van der Waals surface area contributed by atoms with Gasteiger partial charge in [0, 0.05) is 22.3 Å². The highest BCUT2D eigenvalue weighted by molar-refractivity contribution is 6.15. The number of aromatic nitrogens is 1. The van der Waals surface area contributed by atoms with Crippen LogP contribution in [0.15, 0.2) is 77.3 Å². The summed E-state index contributed by atoms with van der Waals surface area (Å²) in [7, 11) is 1.97. The Bertz CT molecular complexity index is 1870. The van der Waals surface area contributed by atoms with Crippen molar-refractivity contribution in [1.29, 1.82) is 0 Å². The number of benzene rings is 4. The van der Waals surface area contributed by atoms with E-state index in [1.807, 2.05) is 75.0 Å². The molecule has 2 heteroatoms. The van der Waals surface area contributed by atoms with E-state index < -0.39 is 12.7 Å². The van der Waals surface area contributed by atoms with Crippen molar-refractivity contribution in [3.63, 3.8) is 0 Å². The molecule has 0 amide bonds. The van der Waals surface area contributed by atoms with Crippen molar-refractivity contribution < 1.29 is 14.5 Å². The van der Waals surface area contributed by atoms with Gasteiger partial charge in [-0.1, -0.05) is 50.2 Å². The quantitative estimate of drug-likeness (QED) is 0.251. The fourth-order valence-corrected chi connectivity index (χ4v) is 4.97. The highest BCUT2D eigenvalue weighted by Gasteiger charge is 2.25. The lowest BCUT2D eigenvalue weighted by molar-refractivity contribution is -0.659. The summed E-state index contributed by atoms with van der Waals surface area (Å²) in [6, 6.07) is 22.1. The smallest absolute Gasteiger partial charge is 0.224 e. The third-order valence-electron chi connectivity index (χ3n) is 6.84. The Morgan fingerprint density at radius 2 is 1.67 bits per heavy atom. The molecule has 0 unspecified atom stereocenters. The summed E-state index contributed by atoms with van der Waals surface area (Å²) < 4.78 is 42.1. The Morgan fingerprint density at radius 3 is 2.42 bits per heavy atom. The number of furan rings is 1. The zero-order valence-corrected chi connectivity index (χ0v) is 19.3. The van der Waals surface area contributed by atoms with Gasteiger partial charge in [0.25, 0.3) is 0 Å². The van der Waals surface area contributed by atoms with Crippen molar-refractivity contribution in [2.75, 3.05) is 0 Å². The summed E-state index contributed by atoms with van der Waals surface area (Å²) >= 11 is 0. The fourth-order valence-electron chi connectivity index (χ4n) is 4.97. The standard InChI is InChI=1S/C31H28NO/c1-18(2)21-10-11-25-24(15-21)12-13-32(5)30(25)29-20(4)19(3)14-27-26-16-22-8-6-7-9-23(22)17-28(26)33-31(27)29/h6-18H,1-5H3/q+1/i3D3,18D. The zero-order valence-electron chi connectivity index (χ0n) is 23.3. The second-order valence-electron chi connectivity index (χ2n) is 9.18. The number of pyridine rings is 1. The van der Waals surface area contributed by atoms with Crippen LogP contribution >= 0.6 is 0 Å². The van der Waals surface area contributed by atoms with Crippen LogP contribution in [0.3, 0.4) is 0 Å². The minimum Gasteiger partial charge on any atom is -0.455 e. The van der Waals surface area contributed by atoms with Gasteiger partial charge in [0.05, 0.1) is 10.9 Å². The molecular formula is C31H28NO+. The van der Waals surface area contributed by atoms with Crippen LogP contribution in [0.5, 0.6) is 0 Å². The molecule has 0 bridgehead atoms. The van der Waals surface area contributed by atoms with Gasteiger partial charge < -0.3 is 4.42 Å². The number of fused-ring (bicyclic) bond motifs is 5. The van der Waals surface area contributed by atoms with Gasteiger partial charge >= 0.3 is 0 Å². The van der Waals surface area contributed by atoms with Gasteiger partial charge in [-0.05, 0) is 76.8 Å². The van der Waals surface area contributed by atoms with E-state index in [1.165, 1.54) is 0 Å². The van der Waals surface area contributed by atoms with Crippen LogP contribution in [0.4, 0.5) is 0 Å². The normalized spacial score (nSPS) is 14.5. The van der Waals surface area contributed by atoms with Crippen molar-refractivity contribution >= 4 is 43.5 Å². The molecule has 33 heavy (non-hydrogen) atoms. The fraction of sp³-hybridized carbons (Fsp3) is 0.194. The molecule has 0 N–H and O–H groups in total. The number of hydrogen-bond acceptors (Lipinski definition) is 1. The van der Waals surface area contributed by atoms with E-state index in [0.717, 1.165) is 54.7 Å². The van der Waals surface area contributed by atoms with Crippen LogP contribution in [0.25, 0.3) is 54.7 Å². The highest BCUT2D eigenvalue weighted by Crippen LogP contribution is 2.41. The molecule has 2 nitrogen and oxygen atoms in total. The zero-order chi connectivity index (χ0) is 26.3. The average Bonchev–Trinajstić information content (AvgIpc) is 3.18. The summed E-state index contributed by atoms with van der Waals surface area (Å²) in [6.45, 7) is 3.35. The largest absolute Gasteiger partial charge is 0.455 e. The summed E-state index contributed by atoms with van der Waals surface area (Å²) in [5, 5.41) is 5.84. The Balaban J connectivity index is 1.78. The first-order valence-electron chi connectivity index (χ1n) is 13.3. The molecule has 6 aromatic rings. The van der Waals surface area contributed by atoms with Crippen molar-refractivity contribution in [3.05, 3.63) is 89.6 Å². The van der Waals surface area contributed by atoms with E-state index in [2.05, 4.69) is 24.3 Å². The molecule has 162 valence electrons. The third kappa shape index (κ3) is 2.97. The summed E-state index contributed by atoms with van der Waals surface area (Å²) in [5.74, 6) is -0.725. The number of hydrogen-bond donors (Lipinski definition) is 0. The van der Waals surface area contributed by atoms with E-state index in [-0.39, 0.29) is 0 Å². The van der Waals surface area contributed by atoms with Crippen molar-refractivity contribution in [3.8, 4) is 11.3 Å². The third-order valence-corrected chi connectivity index (χ3v) is 6.84. The molecule has 0 atom stereocenters. The van der Waals surface area contributed by atoms with E-state index in [4.69, 9.17) is 9.90 Å². The first-order chi connectivity index (χ1) is 17.4. The van der Waals surface area contributed by atoms with Crippen LogP contribution < -0.4 is 4.57 Å². The molecule has 2 heterocycles. The first kappa shape index (κ1) is 16.0. The van der Waals surface area contributed by atoms with Crippen molar-refractivity contribution in [2.24, 2.45) is 7.05 Å². The second-order valence-corrected chi connectivity index (χ2v) is 9.18. The van der Waals surface area contributed by atoms with E-state index in [1.54, 1.807) is 6.07 Å². The monoisotopic (exact) mass is 434 g/mol. The van der Waals surface area contributed by atoms with Crippen LogP contribution in [-0.2, 0) is 7.05 Å². The molecule has 0 aliphatic rings. The van der Waals surface area contributed by atoms with Crippen LogP contribution in [0.2, 0.25) is 0 Å². The maximum absolute atomic E-state index is 8.49. The molecule has 0 aliphatic carbocycles. The van der Waals surface area contributed by atoms with E-state index >= 15 is 0 Å². The predicted molar refractivity (Wildman–Crippen MR) is 139 cm³/mol. The van der Waals surface area contributed by atoms with Gasteiger partial charge in [0.1, 0.15) is 18.2 Å². The molecule has 6 rings (SSSR count). The SMILES string of the molecule is [2H]C([2H])([2H])c1cc2c(oc3cc4ccccc4cc32)c(-c2c3ccc(C([2H])(C)C)cc3cc[n+]2C)c1C. The number of aryl methyl sites for hydroxylation is 2. The summed E-state index contributed by atoms with van der Waals surface area (Å²) in [6.07, 6.45) is 1.99. The van der Waals surface area contributed by atoms with Crippen molar-refractivity contribution in [2.45, 2.75) is 33.5 Å². The van der Waals surface area contributed by atoms with Gasteiger partial charge in [-0.3, -0.25) is 0 Å². The molecule has 0 radical (unpaired) electrons. The maximum Gasteiger partial charge on any atom is 0.224 e. The Hall–Kier alpha value is -3.65.